The predicted octanol–water partition coefficient (Wildman–Crippen LogP) is 15.8. The Labute approximate surface area is 334 Å². The van der Waals surface area contributed by atoms with E-state index in [1.807, 2.05) is 0 Å². The van der Waals surface area contributed by atoms with Crippen molar-refractivity contribution < 1.29 is 0 Å². The molecule has 1 nitrogen and oxygen atoms in total. The quantitative estimate of drug-likeness (QED) is 0.151. The van der Waals surface area contributed by atoms with Crippen LogP contribution in [-0.4, -0.2) is 0 Å². The van der Waals surface area contributed by atoms with Crippen molar-refractivity contribution in [2.24, 2.45) is 0 Å². The first-order valence-corrected chi connectivity index (χ1v) is 19.6. The van der Waals surface area contributed by atoms with Crippen molar-refractivity contribution in [1.29, 1.82) is 0 Å². The molecule has 0 bridgehead atoms. The van der Waals surface area contributed by atoms with Crippen molar-refractivity contribution >= 4 is 38.6 Å². The maximum absolute atomic E-state index is 2.45. The van der Waals surface area contributed by atoms with Gasteiger partial charge in [-0.3, -0.25) is 0 Å². The molecule has 0 fully saturated rings. The molecule has 10 aromatic rings. The van der Waals surface area contributed by atoms with E-state index in [4.69, 9.17) is 0 Å². The summed E-state index contributed by atoms with van der Waals surface area (Å²) in [4.78, 5) is 2.45. The fourth-order valence-electron chi connectivity index (χ4n) is 8.47. The van der Waals surface area contributed by atoms with E-state index in [9.17, 15) is 0 Å². The molecular formula is C56H39N. The molecule has 0 saturated heterocycles. The van der Waals surface area contributed by atoms with Crippen molar-refractivity contribution in [2.45, 2.75) is 0 Å². The predicted molar refractivity (Wildman–Crippen MR) is 243 cm³/mol. The fraction of sp³-hybridized carbons (Fsp3) is 0. The second kappa shape index (κ2) is 15.0. The number of rotatable bonds is 8. The summed E-state index contributed by atoms with van der Waals surface area (Å²) >= 11 is 0. The van der Waals surface area contributed by atoms with E-state index in [1.54, 1.807) is 0 Å². The Hall–Kier alpha value is -7.48. The average molecular weight is 726 g/mol. The zero-order chi connectivity index (χ0) is 38.0. The van der Waals surface area contributed by atoms with E-state index in [0.29, 0.717) is 0 Å². The largest absolute Gasteiger partial charge is 0.309 e. The molecule has 10 rings (SSSR count). The summed E-state index contributed by atoms with van der Waals surface area (Å²) in [5.74, 6) is 0. The first-order valence-electron chi connectivity index (χ1n) is 19.6. The standard InChI is InChI=1S/C56H39N/c1-3-18-40(19-4-1)48-27-11-12-30-52(48)56-50(43-20-5-2-6-21-43)32-17-33-53(56)51-29-13-14-34-55(51)57(54-35-16-25-42-23-8-10-28-49(42)54)45-38-36-44(37-39-45)47-31-15-24-41-22-7-9-26-46(41)47/h1-39H. The van der Waals surface area contributed by atoms with Gasteiger partial charge in [0.25, 0.3) is 0 Å². The van der Waals surface area contributed by atoms with Gasteiger partial charge in [-0.2, -0.15) is 0 Å². The van der Waals surface area contributed by atoms with E-state index in [0.717, 1.165) is 22.6 Å². The van der Waals surface area contributed by atoms with Gasteiger partial charge in [0.2, 0.25) is 0 Å². The number of anilines is 3. The first-order chi connectivity index (χ1) is 28.3. The molecule has 10 aromatic carbocycles. The number of nitrogens with zero attached hydrogens (tertiary/aromatic N) is 1. The number of hydrogen-bond donors (Lipinski definition) is 0. The summed E-state index contributed by atoms with van der Waals surface area (Å²) in [5.41, 5.74) is 15.3. The van der Waals surface area contributed by atoms with Gasteiger partial charge in [0.15, 0.2) is 0 Å². The van der Waals surface area contributed by atoms with Crippen molar-refractivity contribution in [3.63, 3.8) is 0 Å². The van der Waals surface area contributed by atoms with Crippen LogP contribution in [0.5, 0.6) is 0 Å². The lowest BCUT2D eigenvalue weighted by atomic mass is 9.84. The molecule has 0 aliphatic heterocycles. The molecule has 0 amide bonds. The maximum Gasteiger partial charge on any atom is 0.0540 e. The van der Waals surface area contributed by atoms with Gasteiger partial charge in [0.1, 0.15) is 0 Å². The lowest BCUT2D eigenvalue weighted by molar-refractivity contribution is 1.30. The third-order valence-electron chi connectivity index (χ3n) is 11.1. The van der Waals surface area contributed by atoms with Crippen LogP contribution in [0.2, 0.25) is 0 Å². The summed E-state index contributed by atoms with van der Waals surface area (Å²) in [6.45, 7) is 0. The van der Waals surface area contributed by atoms with Crippen LogP contribution in [0.15, 0.2) is 237 Å². The highest BCUT2D eigenvalue weighted by molar-refractivity contribution is 6.05. The molecular weight excluding hydrogens is 687 g/mol. The molecule has 0 unspecified atom stereocenters. The topological polar surface area (TPSA) is 3.24 Å². The molecule has 0 aliphatic rings. The van der Waals surface area contributed by atoms with Gasteiger partial charge < -0.3 is 4.90 Å². The third kappa shape index (κ3) is 6.36. The Balaban J connectivity index is 1.22. The maximum atomic E-state index is 2.45. The number of benzene rings is 10. The first kappa shape index (κ1) is 34.0. The van der Waals surface area contributed by atoms with Crippen LogP contribution in [0.4, 0.5) is 17.1 Å². The Morgan fingerprint density at radius 1 is 0.228 bits per heavy atom. The number of hydrogen-bond acceptors (Lipinski definition) is 1. The van der Waals surface area contributed by atoms with Gasteiger partial charge in [-0.25, -0.2) is 0 Å². The van der Waals surface area contributed by atoms with Crippen LogP contribution in [0, 0.1) is 0 Å². The third-order valence-corrected chi connectivity index (χ3v) is 11.1. The van der Waals surface area contributed by atoms with E-state index >= 15 is 0 Å². The SMILES string of the molecule is c1ccc(-c2ccccc2-c2c(-c3ccccc3)cccc2-c2ccccc2N(c2ccc(-c3cccc4ccccc34)cc2)c2cccc3ccccc23)cc1. The van der Waals surface area contributed by atoms with E-state index in [1.165, 1.54) is 71.6 Å². The molecule has 0 saturated carbocycles. The van der Waals surface area contributed by atoms with Crippen molar-refractivity contribution in [1.82, 2.24) is 0 Å². The van der Waals surface area contributed by atoms with Crippen LogP contribution in [0.25, 0.3) is 77.2 Å². The van der Waals surface area contributed by atoms with E-state index in [-0.39, 0.29) is 0 Å². The Kier molecular flexibility index (Phi) is 8.95. The number of para-hydroxylation sites is 1. The van der Waals surface area contributed by atoms with Crippen LogP contribution < -0.4 is 4.90 Å². The van der Waals surface area contributed by atoms with Gasteiger partial charge in [0, 0.05) is 16.6 Å². The van der Waals surface area contributed by atoms with Gasteiger partial charge in [-0.05, 0) is 90.5 Å². The minimum atomic E-state index is 1.09. The zero-order valence-electron chi connectivity index (χ0n) is 31.5. The highest BCUT2D eigenvalue weighted by Crippen LogP contribution is 2.49. The molecule has 0 aliphatic carbocycles. The highest BCUT2D eigenvalue weighted by atomic mass is 15.1. The summed E-state index contributed by atoms with van der Waals surface area (Å²) in [5, 5.41) is 4.90. The lowest BCUT2D eigenvalue weighted by Crippen LogP contribution is -2.12. The summed E-state index contributed by atoms with van der Waals surface area (Å²) in [6.07, 6.45) is 0. The van der Waals surface area contributed by atoms with Crippen molar-refractivity contribution in [3.8, 4) is 55.6 Å². The smallest absolute Gasteiger partial charge is 0.0540 e. The van der Waals surface area contributed by atoms with Gasteiger partial charge in [0.05, 0.1) is 11.4 Å². The van der Waals surface area contributed by atoms with E-state index in [2.05, 4.69) is 241 Å². The molecule has 1 heteroatoms. The fourth-order valence-corrected chi connectivity index (χ4v) is 8.47. The Bertz CT molecular complexity index is 2990. The zero-order valence-corrected chi connectivity index (χ0v) is 31.5. The summed E-state index contributed by atoms with van der Waals surface area (Å²) < 4.78 is 0. The minimum Gasteiger partial charge on any atom is -0.309 e. The number of fused-ring (bicyclic) bond motifs is 2. The van der Waals surface area contributed by atoms with Gasteiger partial charge >= 0.3 is 0 Å². The monoisotopic (exact) mass is 725 g/mol. The van der Waals surface area contributed by atoms with Crippen LogP contribution in [0.1, 0.15) is 0 Å². The Morgan fingerprint density at radius 2 is 0.667 bits per heavy atom. The van der Waals surface area contributed by atoms with Crippen LogP contribution >= 0.6 is 0 Å². The second-order valence-electron chi connectivity index (χ2n) is 14.4. The van der Waals surface area contributed by atoms with Crippen LogP contribution in [0.3, 0.4) is 0 Å². The van der Waals surface area contributed by atoms with Crippen molar-refractivity contribution in [2.75, 3.05) is 4.90 Å². The summed E-state index contributed by atoms with van der Waals surface area (Å²) in [7, 11) is 0. The van der Waals surface area contributed by atoms with Crippen LogP contribution in [-0.2, 0) is 0 Å². The summed E-state index contributed by atoms with van der Waals surface area (Å²) in [6, 6.07) is 85.7. The molecule has 0 spiro atoms. The highest BCUT2D eigenvalue weighted by Gasteiger charge is 2.23. The second-order valence-corrected chi connectivity index (χ2v) is 14.4. The Morgan fingerprint density at radius 3 is 1.40 bits per heavy atom. The van der Waals surface area contributed by atoms with Crippen molar-refractivity contribution in [3.05, 3.63) is 237 Å². The van der Waals surface area contributed by atoms with Gasteiger partial charge in [-0.1, -0.05) is 212 Å². The molecule has 0 heterocycles. The molecule has 0 radical (unpaired) electrons. The molecule has 0 N–H and O–H groups in total. The minimum absolute atomic E-state index is 1.09. The van der Waals surface area contributed by atoms with E-state index < -0.39 is 0 Å². The molecule has 0 atom stereocenters. The molecule has 268 valence electrons. The normalized spacial score (nSPS) is 11.2. The molecule has 57 heavy (non-hydrogen) atoms. The average Bonchev–Trinajstić information content (AvgIpc) is 3.30. The van der Waals surface area contributed by atoms with Gasteiger partial charge in [-0.15, -0.1) is 0 Å². The molecule has 0 aromatic heterocycles. The lowest BCUT2D eigenvalue weighted by Gasteiger charge is -2.30.